The van der Waals surface area contributed by atoms with Gasteiger partial charge >= 0.3 is 0 Å². The van der Waals surface area contributed by atoms with E-state index >= 15 is 0 Å². The zero-order valence-electron chi connectivity index (χ0n) is 9.16. The molecule has 0 amide bonds. The Morgan fingerprint density at radius 3 is 3.00 bits per heavy atom. The average Bonchev–Trinajstić information content (AvgIpc) is 2.70. The largest absolute Gasteiger partial charge is 0.388 e. The first kappa shape index (κ1) is 10.8. The van der Waals surface area contributed by atoms with E-state index in [0.717, 1.165) is 17.5 Å². The fraction of sp³-hybridized carbons (Fsp3) is 0.333. The highest BCUT2D eigenvalue weighted by Crippen LogP contribution is 2.15. The number of fused-ring (bicyclic) bond motifs is 1. The van der Waals surface area contributed by atoms with Gasteiger partial charge in [-0.1, -0.05) is 6.92 Å². The molecule has 4 heteroatoms. The van der Waals surface area contributed by atoms with Crippen molar-refractivity contribution in [3.05, 3.63) is 29.6 Å². The van der Waals surface area contributed by atoms with Gasteiger partial charge in [-0.25, -0.2) is 4.98 Å². The maximum Gasteiger partial charge on any atom is 0.162 e. The lowest BCUT2D eigenvalue weighted by Gasteiger charge is -1.98. The van der Waals surface area contributed by atoms with E-state index in [0.29, 0.717) is 17.8 Å². The first-order valence-corrected chi connectivity index (χ1v) is 5.37. The Bertz CT molecular complexity index is 517. The lowest BCUT2D eigenvalue weighted by Crippen LogP contribution is -1.97. The van der Waals surface area contributed by atoms with Crippen LogP contribution in [0, 0.1) is 0 Å². The van der Waals surface area contributed by atoms with Crippen LogP contribution in [0.1, 0.15) is 35.9 Å². The highest BCUT2D eigenvalue weighted by molar-refractivity contribution is 5.98. The Hall–Kier alpha value is -1.68. The zero-order valence-corrected chi connectivity index (χ0v) is 9.16. The first-order valence-electron chi connectivity index (χ1n) is 5.37. The summed E-state index contributed by atoms with van der Waals surface area (Å²) in [5, 5.41) is 8.94. The van der Waals surface area contributed by atoms with E-state index in [2.05, 4.69) is 9.97 Å². The third-order valence-corrected chi connectivity index (χ3v) is 2.48. The topological polar surface area (TPSA) is 66.0 Å². The Balaban J connectivity index is 2.39. The van der Waals surface area contributed by atoms with Crippen molar-refractivity contribution < 1.29 is 9.90 Å². The number of hydrogen-bond acceptors (Lipinski definition) is 3. The Morgan fingerprint density at radius 1 is 1.50 bits per heavy atom. The number of aliphatic hydroxyl groups is 1. The van der Waals surface area contributed by atoms with Crippen LogP contribution in [0.25, 0.3) is 11.0 Å². The Morgan fingerprint density at radius 2 is 2.31 bits per heavy atom. The molecule has 0 atom stereocenters. The number of nitrogens with one attached hydrogen (secondary N) is 1. The molecule has 0 aliphatic heterocycles. The number of ketones is 1. The number of carbonyl (C=O) groups is 1. The van der Waals surface area contributed by atoms with Gasteiger partial charge in [-0.15, -0.1) is 0 Å². The number of H-pyrrole nitrogens is 1. The lowest BCUT2D eigenvalue weighted by molar-refractivity contribution is 0.0982. The molecule has 0 fully saturated rings. The molecule has 0 aliphatic carbocycles. The summed E-state index contributed by atoms with van der Waals surface area (Å²) in [6.45, 7) is 1.86. The molecule has 4 nitrogen and oxygen atoms in total. The van der Waals surface area contributed by atoms with Crippen molar-refractivity contribution in [1.82, 2.24) is 9.97 Å². The van der Waals surface area contributed by atoms with Crippen LogP contribution in [0.15, 0.2) is 18.2 Å². The normalized spacial score (nSPS) is 10.9. The summed E-state index contributed by atoms with van der Waals surface area (Å²) >= 11 is 0. The maximum atomic E-state index is 11.7. The fourth-order valence-electron chi connectivity index (χ4n) is 1.68. The molecule has 0 aliphatic rings. The summed E-state index contributed by atoms with van der Waals surface area (Å²) in [6, 6.07) is 5.38. The van der Waals surface area contributed by atoms with Gasteiger partial charge in [-0.05, 0) is 24.6 Å². The van der Waals surface area contributed by atoms with Gasteiger partial charge in [0.05, 0.1) is 11.0 Å². The molecule has 2 rings (SSSR count). The van der Waals surface area contributed by atoms with Crippen molar-refractivity contribution in [2.24, 2.45) is 0 Å². The van der Waals surface area contributed by atoms with Crippen LogP contribution in [-0.4, -0.2) is 20.9 Å². The number of Topliss-reactive ketones (excluding diaryl/α,β-unsaturated/α-hetero) is 1. The molecule has 1 heterocycles. The van der Waals surface area contributed by atoms with Crippen LogP contribution in [0.3, 0.4) is 0 Å². The van der Waals surface area contributed by atoms with Crippen molar-refractivity contribution in [2.75, 3.05) is 0 Å². The minimum Gasteiger partial charge on any atom is -0.388 e. The summed E-state index contributed by atoms with van der Waals surface area (Å²) in [4.78, 5) is 18.8. The van der Waals surface area contributed by atoms with Gasteiger partial charge in [-0.2, -0.15) is 0 Å². The highest BCUT2D eigenvalue weighted by atomic mass is 16.3. The molecule has 1 aromatic carbocycles. The van der Waals surface area contributed by atoms with Gasteiger partial charge in [0, 0.05) is 12.0 Å². The smallest absolute Gasteiger partial charge is 0.162 e. The maximum absolute atomic E-state index is 11.7. The van der Waals surface area contributed by atoms with Crippen molar-refractivity contribution in [3.8, 4) is 0 Å². The van der Waals surface area contributed by atoms with E-state index in [1.807, 2.05) is 13.0 Å². The monoisotopic (exact) mass is 218 g/mol. The predicted octanol–water partition coefficient (Wildman–Crippen LogP) is 2.04. The van der Waals surface area contributed by atoms with Crippen LogP contribution < -0.4 is 0 Å². The lowest BCUT2D eigenvalue weighted by atomic mass is 10.1. The number of rotatable bonds is 4. The van der Waals surface area contributed by atoms with E-state index in [1.54, 1.807) is 12.1 Å². The van der Waals surface area contributed by atoms with E-state index in [9.17, 15) is 4.79 Å². The van der Waals surface area contributed by atoms with Crippen molar-refractivity contribution in [3.63, 3.8) is 0 Å². The van der Waals surface area contributed by atoms with E-state index < -0.39 is 0 Å². The number of aromatic nitrogens is 2. The molecule has 2 aromatic rings. The molecule has 16 heavy (non-hydrogen) atoms. The zero-order chi connectivity index (χ0) is 11.5. The molecule has 0 unspecified atom stereocenters. The molecule has 0 saturated carbocycles. The predicted molar refractivity (Wildman–Crippen MR) is 61.3 cm³/mol. The molecular formula is C12H14N2O2. The average molecular weight is 218 g/mol. The van der Waals surface area contributed by atoms with Gasteiger partial charge in [-0.3, -0.25) is 4.79 Å². The van der Waals surface area contributed by atoms with Gasteiger partial charge in [0.25, 0.3) is 0 Å². The second-order valence-electron chi connectivity index (χ2n) is 3.75. The minimum absolute atomic E-state index is 0.118. The van der Waals surface area contributed by atoms with Gasteiger partial charge in [0.15, 0.2) is 5.78 Å². The summed E-state index contributed by atoms with van der Waals surface area (Å²) < 4.78 is 0. The standard InChI is InChI=1S/C12H14N2O2/c1-2-3-11(16)8-4-5-9-10(6-8)14-12(7-15)13-9/h4-6,15H,2-3,7H2,1H3,(H,13,14). The second-order valence-corrected chi connectivity index (χ2v) is 3.75. The number of hydrogen-bond donors (Lipinski definition) is 2. The SMILES string of the molecule is CCCC(=O)c1ccc2[nH]c(CO)nc2c1. The molecule has 0 radical (unpaired) electrons. The number of aromatic amines is 1. The minimum atomic E-state index is -0.118. The number of aliphatic hydroxyl groups excluding tert-OH is 1. The number of carbonyl (C=O) groups excluding carboxylic acids is 1. The number of imidazole rings is 1. The van der Waals surface area contributed by atoms with Gasteiger partial charge in [0.2, 0.25) is 0 Å². The third-order valence-electron chi connectivity index (χ3n) is 2.48. The fourth-order valence-corrected chi connectivity index (χ4v) is 1.68. The molecule has 1 aromatic heterocycles. The molecule has 0 bridgehead atoms. The molecular weight excluding hydrogens is 204 g/mol. The van der Waals surface area contributed by atoms with Gasteiger partial charge < -0.3 is 10.1 Å². The van der Waals surface area contributed by atoms with Crippen LogP contribution in [-0.2, 0) is 6.61 Å². The van der Waals surface area contributed by atoms with Crippen LogP contribution in [0.2, 0.25) is 0 Å². The Kier molecular flexibility index (Phi) is 3.01. The van der Waals surface area contributed by atoms with Crippen molar-refractivity contribution in [2.45, 2.75) is 26.4 Å². The first-order chi connectivity index (χ1) is 7.74. The third kappa shape index (κ3) is 1.97. The summed E-state index contributed by atoms with van der Waals surface area (Å²) in [6.07, 6.45) is 1.40. The molecule has 0 saturated heterocycles. The van der Waals surface area contributed by atoms with E-state index in [1.165, 1.54) is 0 Å². The molecule has 0 spiro atoms. The summed E-state index contributed by atoms with van der Waals surface area (Å²) in [5.41, 5.74) is 2.26. The highest BCUT2D eigenvalue weighted by Gasteiger charge is 2.07. The summed E-state index contributed by atoms with van der Waals surface area (Å²) in [7, 11) is 0. The molecule has 84 valence electrons. The van der Waals surface area contributed by atoms with Crippen molar-refractivity contribution in [1.29, 1.82) is 0 Å². The number of benzene rings is 1. The van der Waals surface area contributed by atoms with Crippen molar-refractivity contribution >= 4 is 16.8 Å². The second kappa shape index (κ2) is 4.45. The Labute approximate surface area is 93.3 Å². The van der Waals surface area contributed by atoms with E-state index in [-0.39, 0.29) is 12.4 Å². The van der Waals surface area contributed by atoms with Crippen LogP contribution >= 0.6 is 0 Å². The molecule has 2 N–H and O–H groups in total. The quantitative estimate of drug-likeness (QED) is 0.772. The summed E-state index contributed by atoms with van der Waals surface area (Å²) in [5.74, 6) is 0.660. The number of nitrogens with zero attached hydrogens (tertiary/aromatic N) is 1. The van der Waals surface area contributed by atoms with Gasteiger partial charge in [0.1, 0.15) is 12.4 Å². The van der Waals surface area contributed by atoms with Crippen LogP contribution in [0.4, 0.5) is 0 Å². The van der Waals surface area contributed by atoms with Crippen LogP contribution in [0.5, 0.6) is 0 Å². The van der Waals surface area contributed by atoms with E-state index in [4.69, 9.17) is 5.11 Å².